The van der Waals surface area contributed by atoms with Crippen molar-refractivity contribution in [3.63, 3.8) is 0 Å². The number of amides is 2. The predicted molar refractivity (Wildman–Crippen MR) is 85.3 cm³/mol. The molecule has 1 aliphatic rings. The summed E-state index contributed by atoms with van der Waals surface area (Å²) in [6, 6.07) is -1.70. The summed E-state index contributed by atoms with van der Waals surface area (Å²) in [6.45, 7) is 0. The fourth-order valence-corrected chi connectivity index (χ4v) is 3.29. The fourth-order valence-electron chi connectivity index (χ4n) is 2.27. The van der Waals surface area contributed by atoms with Crippen molar-refractivity contribution in [3.05, 3.63) is 31.2 Å². The van der Waals surface area contributed by atoms with E-state index in [1.165, 1.54) is 0 Å². The van der Waals surface area contributed by atoms with E-state index in [2.05, 4.69) is 0 Å². The summed E-state index contributed by atoms with van der Waals surface area (Å²) in [5.41, 5.74) is -0.717. The lowest BCUT2D eigenvalue weighted by molar-refractivity contribution is -0.142. The molecule has 0 aromatic heterocycles. The van der Waals surface area contributed by atoms with E-state index < -0.39 is 42.6 Å². The zero-order chi connectivity index (χ0) is 18.3. The summed E-state index contributed by atoms with van der Waals surface area (Å²) in [4.78, 5) is 47.4. The third-order valence-electron chi connectivity index (χ3n) is 3.36. The molecule has 0 aliphatic carbocycles. The van der Waals surface area contributed by atoms with E-state index in [0.717, 1.165) is 0 Å². The van der Waals surface area contributed by atoms with Crippen LogP contribution in [0.1, 0.15) is 33.6 Å². The molecule has 0 saturated carbocycles. The van der Waals surface area contributed by atoms with Crippen molar-refractivity contribution in [2.24, 2.45) is 0 Å². The molecule has 0 spiro atoms. The van der Waals surface area contributed by atoms with Crippen LogP contribution in [-0.2, 0) is 9.59 Å². The Balaban J connectivity index is 2.57. The smallest absolute Gasteiger partial charge is 0.326 e. The third-order valence-corrected chi connectivity index (χ3v) is 5.16. The van der Waals surface area contributed by atoms with E-state index in [1.54, 1.807) is 0 Å². The molecule has 2 rings (SSSR count). The number of aliphatic carboxylic acids is 2. The molecule has 0 fully saturated rings. The van der Waals surface area contributed by atoms with E-state index in [1.807, 2.05) is 0 Å². The predicted octanol–water partition coefficient (Wildman–Crippen LogP) is 3.21. The maximum absolute atomic E-state index is 12.5. The van der Waals surface area contributed by atoms with Crippen LogP contribution in [0.15, 0.2) is 0 Å². The molecule has 1 aromatic carbocycles. The first-order valence-corrected chi connectivity index (χ1v) is 7.79. The first kappa shape index (κ1) is 18.8. The van der Waals surface area contributed by atoms with Gasteiger partial charge in [0.2, 0.25) is 0 Å². The Morgan fingerprint density at radius 1 is 0.875 bits per heavy atom. The van der Waals surface area contributed by atoms with Crippen molar-refractivity contribution in [2.45, 2.75) is 18.9 Å². The number of carbonyl (C=O) groups is 4. The molecule has 2 amide bonds. The van der Waals surface area contributed by atoms with E-state index >= 15 is 0 Å². The molecule has 24 heavy (non-hydrogen) atoms. The van der Waals surface area contributed by atoms with Crippen LogP contribution in [-0.4, -0.2) is 44.9 Å². The Labute approximate surface area is 154 Å². The van der Waals surface area contributed by atoms with Crippen LogP contribution < -0.4 is 0 Å². The minimum Gasteiger partial charge on any atom is -0.481 e. The number of hydrogen-bond donors (Lipinski definition) is 2. The van der Waals surface area contributed by atoms with Gasteiger partial charge < -0.3 is 10.2 Å². The third kappa shape index (κ3) is 2.93. The van der Waals surface area contributed by atoms with Crippen LogP contribution in [0, 0.1) is 0 Å². The highest BCUT2D eigenvalue weighted by molar-refractivity contribution is 6.55. The number of carbonyl (C=O) groups excluding carboxylic acids is 2. The van der Waals surface area contributed by atoms with Crippen LogP contribution >= 0.6 is 46.4 Å². The second kappa shape index (κ2) is 6.76. The van der Waals surface area contributed by atoms with Gasteiger partial charge >= 0.3 is 11.9 Å². The number of fused-ring (bicyclic) bond motifs is 1. The average Bonchev–Trinajstić information content (AvgIpc) is 2.75. The normalized spacial score (nSPS) is 14.8. The molecule has 1 aromatic rings. The van der Waals surface area contributed by atoms with Gasteiger partial charge in [-0.1, -0.05) is 46.4 Å². The van der Waals surface area contributed by atoms with Gasteiger partial charge in [-0.2, -0.15) is 0 Å². The van der Waals surface area contributed by atoms with Gasteiger partial charge in [0.25, 0.3) is 11.8 Å². The van der Waals surface area contributed by atoms with E-state index in [-0.39, 0.29) is 31.2 Å². The quantitative estimate of drug-likeness (QED) is 0.434. The number of carboxylic acids is 2. The molecule has 1 atom stereocenters. The van der Waals surface area contributed by atoms with Crippen LogP contribution in [0.2, 0.25) is 20.1 Å². The van der Waals surface area contributed by atoms with Gasteiger partial charge in [0, 0.05) is 6.42 Å². The van der Waals surface area contributed by atoms with Gasteiger partial charge in [-0.25, -0.2) is 4.79 Å². The van der Waals surface area contributed by atoms with Crippen molar-refractivity contribution in [3.8, 4) is 0 Å². The average molecular weight is 415 g/mol. The standard InChI is InChI=1S/C13H7Cl4NO6/c14-7-5-6(8(15)10(17)9(7)16)12(22)18(11(5)21)3(13(23)24)1-2-4(19)20/h3H,1-2H2,(H,19,20)(H,23,24). The van der Waals surface area contributed by atoms with Crippen LogP contribution in [0.25, 0.3) is 0 Å². The summed E-state index contributed by atoms with van der Waals surface area (Å²) < 4.78 is 0. The molecule has 2 N–H and O–H groups in total. The second-order valence-electron chi connectivity index (χ2n) is 4.77. The Morgan fingerprint density at radius 3 is 1.62 bits per heavy atom. The lowest BCUT2D eigenvalue weighted by Crippen LogP contribution is -2.45. The minimum absolute atomic E-state index is 0.248. The van der Waals surface area contributed by atoms with E-state index in [4.69, 9.17) is 51.5 Å². The maximum Gasteiger partial charge on any atom is 0.326 e. The number of benzene rings is 1. The Hall–Kier alpha value is -1.54. The number of imide groups is 1. The zero-order valence-electron chi connectivity index (χ0n) is 11.5. The number of nitrogens with zero attached hydrogens (tertiary/aromatic N) is 1. The van der Waals surface area contributed by atoms with Crippen LogP contribution in [0.5, 0.6) is 0 Å². The summed E-state index contributed by atoms with van der Waals surface area (Å²) >= 11 is 23.6. The topological polar surface area (TPSA) is 112 Å². The SMILES string of the molecule is O=C(O)CCC(C(=O)O)N1C(=O)c2c(Cl)c(Cl)c(Cl)c(Cl)c2C1=O. The van der Waals surface area contributed by atoms with Crippen LogP contribution in [0.3, 0.4) is 0 Å². The highest BCUT2D eigenvalue weighted by Crippen LogP contribution is 2.45. The largest absolute Gasteiger partial charge is 0.481 e. The van der Waals surface area contributed by atoms with Crippen LogP contribution in [0.4, 0.5) is 0 Å². The van der Waals surface area contributed by atoms with Gasteiger partial charge in [-0.05, 0) is 6.42 Å². The molecular weight excluding hydrogens is 408 g/mol. The number of hydrogen-bond acceptors (Lipinski definition) is 4. The van der Waals surface area contributed by atoms with Gasteiger partial charge in [-0.3, -0.25) is 19.3 Å². The van der Waals surface area contributed by atoms with Crippen molar-refractivity contribution >= 4 is 70.2 Å². The monoisotopic (exact) mass is 413 g/mol. The first-order chi connectivity index (χ1) is 11.1. The molecule has 11 heteroatoms. The fraction of sp³-hybridized carbons (Fsp3) is 0.231. The highest BCUT2D eigenvalue weighted by Gasteiger charge is 2.46. The van der Waals surface area contributed by atoms with Crippen molar-refractivity contribution in [1.29, 1.82) is 0 Å². The van der Waals surface area contributed by atoms with Crippen molar-refractivity contribution in [1.82, 2.24) is 4.90 Å². The van der Waals surface area contributed by atoms with Crippen molar-refractivity contribution < 1.29 is 29.4 Å². The maximum atomic E-state index is 12.5. The molecule has 1 unspecified atom stereocenters. The molecule has 1 heterocycles. The molecular formula is C13H7Cl4NO6. The summed E-state index contributed by atoms with van der Waals surface area (Å²) in [5, 5.41) is 16.8. The van der Waals surface area contributed by atoms with Gasteiger partial charge in [0.05, 0.1) is 31.2 Å². The number of carboxylic acid groups (broad SMARTS) is 2. The molecule has 0 saturated heterocycles. The Kier molecular flexibility index (Phi) is 5.29. The summed E-state index contributed by atoms with van der Waals surface area (Å²) in [6.07, 6.45) is -1.04. The zero-order valence-corrected chi connectivity index (χ0v) is 14.5. The van der Waals surface area contributed by atoms with E-state index in [9.17, 15) is 24.3 Å². The van der Waals surface area contributed by atoms with Gasteiger partial charge in [0.15, 0.2) is 0 Å². The lowest BCUT2D eigenvalue weighted by Gasteiger charge is -2.21. The van der Waals surface area contributed by atoms with Gasteiger partial charge in [-0.15, -0.1) is 0 Å². The molecule has 0 bridgehead atoms. The molecule has 7 nitrogen and oxygen atoms in total. The number of rotatable bonds is 5. The highest BCUT2D eigenvalue weighted by atomic mass is 35.5. The molecule has 128 valence electrons. The molecule has 0 radical (unpaired) electrons. The summed E-state index contributed by atoms with van der Waals surface area (Å²) in [5.74, 6) is -4.88. The Morgan fingerprint density at radius 2 is 1.29 bits per heavy atom. The molecule has 1 aliphatic heterocycles. The summed E-state index contributed by atoms with van der Waals surface area (Å²) in [7, 11) is 0. The number of halogens is 4. The second-order valence-corrected chi connectivity index (χ2v) is 6.28. The van der Waals surface area contributed by atoms with E-state index in [0.29, 0.717) is 4.90 Å². The van der Waals surface area contributed by atoms with Gasteiger partial charge in [0.1, 0.15) is 6.04 Å². The Bertz CT molecular complexity index is 746. The lowest BCUT2D eigenvalue weighted by atomic mass is 10.1. The van der Waals surface area contributed by atoms with Crippen molar-refractivity contribution in [2.75, 3.05) is 0 Å². The first-order valence-electron chi connectivity index (χ1n) is 6.28. The minimum atomic E-state index is -1.70.